The number of hydrogen-bond donors (Lipinski definition) is 4. The minimum atomic E-state index is -1.15. The fourth-order valence-electron chi connectivity index (χ4n) is 4.93. The third kappa shape index (κ3) is 4.98. The minimum absolute atomic E-state index is 0.0710. The number of rotatable bonds is 8. The number of aliphatic hydroxyl groups is 1. The van der Waals surface area contributed by atoms with Crippen LogP contribution in [0.2, 0.25) is 0 Å². The van der Waals surface area contributed by atoms with Crippen LogP contribution in [0.25, 0.3) is 0 Å². The zero-order valence-electron chi connectivity index (χ0n) is 19.6. The van der Waals surface area contributed by atoms with Crippen LogP contribution in [0.4, 0.5) is 10.1 Å². The topological polar surface area (TPSA) is 100 Å². The number of nitrogens with zero attached hydrogens (tertiary/aromatic N) is 1. The molecular weight excluding hydrogens is 443 g/mol. The number of aromatic nitrogens is 1. The van der Waals surface area contributed by atoms with Crippen LogP contribution in [0.3, 0.4) is 0 Å². The van der Waals surface area contributed by atoms with Gasteiger partial charge in [0.2, 0.25) is 5.91 Å². The summed E-state index contributed by atoms with van der Waals surface area (Å²) in [5, 5.41) is 16.8. The smallest absolute Gasteiger partial charge is 0.241 e. The molecule has 5 N–H and O–H groups in total. The largest absolute Gasteiger partial charge is 0.384 e. The van der Waals surface area contributed by atoms with Crippen molar-refractivity contribution in [1.29, 1.82) is 0 Å². The molecule has 0 bridgehead atoms. The molecule has 1 unspecified atom stereocenters. The van der Waals surface area contributed by atoms with Gasteiger partial charge in [-0.15, -0.1) is 0 Å². The first kappa shape index (κ1) is 23.6. The SMILES string of the molecule is NC(CCC1CC1)(c1ccc(F)c(NC(=O)[C@H]2C[C@](O)(c3ccccc3)CN2)c1)c1ccccn1. The maximum Gasteiger partial charge on any atom is 0.241 e. The molecule has 0 spiro atoms. The lowest BCUT2D eigenvalue weighted by Gasteiger charge is -2.30. The molecule has 3 atom stereocenters. The van der Waals surface area contributed by atoms with E-state index in [1.54, 1.807) is 18.3 Å². The van der Waals surface area contributed by atoms with Gasteiger partial charge in [-0.05, 0) is 54.2 Å². The zero-order valence-corrected chi connectivity index (χ0v) is 19.6. The number of carbonyl (C=O) groups is 1. The lowest BCUT2D eigenvalue weighted by atomic mass is 9.82. The van der Waals surface area contributed by atoms with Gasteiger partial charge in [-0.25, -0.2) is 4.39 Å². The second kappa shape index (κ2) is 9.49. The van der Waals surface area contributed by atoms with E-state index in [4.69, 9.17) is 5.73 Å². The molecule has 2 fully saturated rings. The van der Waals surface area contributed by atoms with Crippen molar-refractivity contribution in [1.82, 2.24) is 10.3 Å². The summed E-state index contributed by atoms with van der Waals surface area (Å²) in [7, 11) is 0. The summed E-state index contributed by atoms with van der Waals surface area (Å²) in [6.07, 6.45) is 5.98. The zero-order chi connectivity index (χ0) is 24.5. The van der Waals surface area contributed by atoms with Crippen LogP contribution in [-0.4, -0.2) is 28.6 Å². The van der Waals surface area contributed by atoms with Crippen molar-refractivity contribution in [3.63, 3.8) is 0 Å². The first-order chi connectivity index (χ1) is 16.9. The quantitative estimate of drug-likeness (QED) is 0.398. The monoisotopic (exact) mass is 474 g/mol. The predicted molar refractivity (Wildman–Crippen MR) is 133 cm³/mol. The number of nitrogens with two attached hydrogens (primary N) is 1. The fourth-order valence-corrected chi connectivity index (χ4v) is 4.93. The normalized spacial score (nSPS) is 23.6. The van der Waals surface area contributed by atoms with E-state index >= 15 is 0 Å². The van der Waals surface area contributed by atoms with Crippen molar-refractivity contribution in [3.8, 4) is 0 Å². The molecule has 5 rings (SSSR count). The maximum atomic E-state index is 14.8. The molecule has 6 nitrogen and oxygen atoms in total. The number of amides is 1. The number of hydrogen-bond acceptors (Lipinski definition) is 5. The van der Waals surface area contributed by atoms with Crippen LogP contribution in [0.15, 0.2) is 72.9 Å². The van der Waals surface area contributed by atoms with E-state index in [0.717, 1.165) is 17.7 Å². The lowest BCUT2D eigenvalue weighted by Crippen LogP contribution is -2.39. The van der Waals surface area contributed by atoms with Crippen molar-refractivity contribution < 1.29 is 14.3 Å². The molecule has 2 heterocycles. The van der Waals surface area contributed by atoms with Gasteiger partial charge in [0.1, 0.15) is 11.4 Å². The molecule has 7 heteroatoms. The van der Waals surface area contributed by atoms with Gasteiger partial charge in [0, 0.05) is 19.2 Å². The Bertz CT molecular complexity index is 1190. The van der Waals surface area contributed by atoms with Gasteiger partial charge in [-0.1, -0.05) is 55.3 Å². The number of benzene rings is 2. The Kier molecular flexibility index (Phi) is 6.40. The van der Waals surface area contributed by atoms with Gasteiger partial charge in [0.05, 0.1) is 23.0 Å². The molecule has 3 aromatic rings. The standard InChI is InChI=1S/C28H31FN4O2/c29-22-12-11-21(28(30,14-13-19-9-10-19)25-8-4-5-15-31-25)16-23(22)33-26(34)24-17-27(35,18-32-24)20-6-2-1-3-7-20/h1-8,11-12,15-16,19,24,32,35H,9-10,13-14,17-18,30H2,(H,33,34)/t24-,27-,28?/m1/s1. The maximum absolute atomic E-state index is 14.8. The number of β-amino-alcohol motifs (C(OH)–C–C–N with tert-alkyl or cyclic N) is 1. The van der Waals surface area contributed by atoms with E-state index < -0.39 is 28.9 Å². The second-order valence-electron chi connectivity index (χ2n) is 9.89. The Hall–Kier alpha value is -3.13. The Morgan fingerprint density at radius 1 is 1.17 bits per heavy atom. The van der Waals surface area contributed by atoms with Crippen LogP contribution in [-0.2, 0) is 15.9 Å². The average molecular weight is 475 g/mol. The Balaban J connectivity index is 1.36. The molecule has 1 saturated heterocycles. The number of pyridine rings is 1. The highest BCUT2D eigenvalue weighted by molar-refractivity contribution is 5.95. The molecule has 1 aliphatic carbocycles. The molecule has 1 amide bonds. The number of nitrogens with one attached hydrogen (secondary N) is 2. The van der Waals surface area contributed by atoms with E-state index in [0.29, 0.717) is 17.9 Å². The molecule has 1 saturated carbocycles. The minimum Gasteiger partial charge on any atom is -0.384 e. The summed E-state index contributed by atoms with van der Waals surface area (Å²) >= 11 is 0. The molecule has 0 radical (unpaired) electrons. The average Bonchev–Trinajstić information content (AvgIpc) is 3.64. The molecule has 182 valence electrons. The molecule has 1 aromatic heterocycles. The Morgan fingerprint density at radius 2 is 1.94 bits per heavy atom. The predicted octanol–water partition coefficient (Wildman–Crippen LogP) is 3.80. The first-order valence-corrected chi connectivity index (χ1v) is 12.2. The number of halogens is 1. The highest BCUT2D eigenvalue weighted by atomic mass is 19.1. The van der Waals surface area contributed by atoms with Crippen molar-refractivity contribution in [2.24, 2.45) is 11.7 Å². The van der Waals surface area contributed by atoms with Gasteiger partial charge in [0.25, 0.3) is 0 Å². The summed E-state index contributed by atoms with van der Waals surface area (Å²) < 4.78 is 14.8. The molecule has 35 heavy (non-hydrogen) atoms. The molecule has 1 aliphatic heterocycles. The van der Waals surface area contributed by atoms with Crippen LogP contribution >= 0.6 is 0 Å². The fraction of sp³-hybridized carbons (Fsp3) is 0.357. The molecular formula is C28H31FN4O2. The van der Waals surface area contributed by atoms with Gasteiger partial charge in [-0.3, -0.25) is 9.78 Å². The van der Waals surface area contributed by atoms with Crippen molar-refractivity contribution in [3.05, 3.63) is 95.6 Å². The number of carbonyl (C=O) groups excluding carboxylic acids is 1. The van der Waals surface area contributed by atoms with Crippen LogP contribution in [0.5, 0.6) is 0 Å². The number of anilines is 1. The van der Waals surface area contributed by atoms with Gasteiger partial charge < -0.3 is 21.5 Å². The Morgan fingerprint density at radius 3 is 2.66 bits per heavy atom. The third-order valence-electron chi connectivity index (χ3n) is 7.32. The Labute approximate surface area is 204 Å². The van der Waals surface area contributed by atoms with Crippen molar-refractivity contribution in [2.45, 2.75) is 49.3 Å². The van der Waals surface area contributed by atoms with Gasteiger partial charge in [0.15, 0.2) is 0 Å². The summed E-state index contributed by atoms with van der Waals surface area (Å²) in [4.78, 5) is 17.5. The third-order valence-corrected chi connectivity index (χ3v) is 7.32. The van der Waals surface area contributed by atoms with Crippen LogP contribution in [0, 0.1) is 11.7 Å². The van der Waals surface area contributed by atoms with Gasteiger partial charge in [-0.2, -0.15) is 0 Å². The van der Waals surface area contributed by atoms with Crippen molar-refractivity contribution in [2.75, 3.05) is 11.9 Å². The first-order valence-electron chi connectivity index (χ1n) is 12.2. The van der Waals surface area contributed by atoms with E-state index in [-0.39, 0.29) is 18.7 Å². The van der Waals surface area contributed by atoms with Crippen molar-refractivity contribution >= 4 is 11.6 Å². The highest BCUT2D eigenvalue weighted by Crippen LogP contribution is 2.40. The lowest BCUT2D eigenvalue weighted by molar-refractivity contribution is -0.118. The summed E-state index contributed by atoms with van der Waals surface area (Å²) in [6.45, 7) is 0.240. The van der Waals surface area contributed by atoms with Crippen LogP contribution in [0.1, 0.15) is 48.9 Å². The van der Waals surface area contributed by atoms with Gasteiger partial charge >= 0.3 is 0 Å². The van der Waals surface area contributed by atoms with E-state index in [1.165, 1.54) is 18.9 Å². The highest BCUT2D eigenvalue weighted by Gasteiger charge is 2.41. The summed E-state index contributed by atoms with van der Waals surface area (Å²) in [6, 6.07) is 18.9. The van der Waals surface area contributed by atoms with Crippen LogP contribution < -0.4 is 16.4 Å². The molecule has 2 aliphatic rings. The second-order valence-corrected chi connectivity index (χ2v) is 9.89. The van der Waals surface area contributed by atoms with E-state index in [1.807, 2.05) is 48.5 Å². The van der Waals surface area contributed by atoms with E-state index in [2.05, 4.69) is 15.6 Å². The summed E-state index contributed by atoms with van der Waals surface area (Å²) in [5.74, 6) is -0.256. The molecule has 2 aromatic carbocycles. The van der Waals surface area contributed by atoms with E-state index in [9.17, 15) is 14.3 Å². The summed E-state index contributed by atoms with van der Waals surface area (Å²) in [5.41, 5.74) is 7.13.